The molecule has 3 heterocycles. The molecule has 0 spiro atoms. The Hall–Kier alpha value is -4.82. The molecular formula is C28H36N12O2. The zero-order valence-corrected chi connectivity index (χ0v) is 23.2. The van der Waals surface area contributed by atoms with Crippen LogP contribution >= 0.6 is 0 Å². The lowest BCUT2D eigenvalue weighted by Gasteiger charge is -2.32. The summed E-state index contributed by atoms with van der Waals surface area (Å²) >= 11 is 0. The second-order valence-corrected chi connectivity index (χ2v) is 9.68. The molecule has 14 heteroatoms. The van der Waals surface area contributed by atoms with Crippen molar-refractivity contribution in [3.63, 3.8) is 0 Å². The molecule has 0 aliphatic carbocycles. The van der Waals surface area contributed by atoms with E-state index in [1.165, 1.54) is 0 Å². The number of aliphatic hydroxyl groups excluding tert-OH is 2. The van der Waals surface area contributed by atoms with E-state index < -0.39 is 0 Å². The van der Waals surface area contributed by atoms with Gasteiger partial charge >= 0.3 is 0 Å². The molecule has 14 nitrogen and oxygen atoms in total. The van der Waals surface area contributed by atoms with Crippen LogP contribution in [0.1, 0.15) is 12.8 Å². The summed E-state index contributed by atoms with van der Waals surface area (Å²) in [6.45, 7) is 2.89. The second kappa shape index (κ2) is 14.7. The van der Waals surface area contributed by atoms with E-state index in [1.54, 1.807) is 0 Å². The molecule has 1 aliphatic heterocycles. The first kappa shape index (κ1) is 28.7. The average Bonchev–Trinajstić information content (AvgIpc) is 3.03. The molecule has 4 aromatic rings. The minimum absolute atomic E-state index is 0.0230. The van der Waals surface area contributed by atoms with Crippen LogP contribution in [0.25, 0.3) is 0 Å². The highest BCUT2D eigenvalue weighted by Crippen LogP contribution is 2.24. The third kappa shape index (κ3) is 8.34. The van der Waals surface area contributed by atoms with Gasteiger partial charge in [-0.3, -0.25) is 0 Å². The zero-order valence-electron chi connectivity index (χ0n) is 23.2. The van der Waals surface area contributed by atoms with Gasteiger partial charge in [-0.1, -0.05) is 36.4 Å². The van der Waals surface area contributed by atoms with Crippen LogP contribution < -0.4 is 31.5 Å². The van der Waals surface area contributed by atoms with Gasteiger partial charge in [0.15, 0.2) is 0 Å². The van der Waals surface area contributed by atoms with E-state index in [1.807, 2.05) is 60.7 Å². The van der Waals surface area contributed by atoms with E-state index >= 15 is 0 Å². The maximum Gasteiger partial charge on any atom is 0.233 e. The van der Waals surface area contributed by atoms with Gasteiger partial charge in [-0.2, -0.15) is 29.9 Å². The van der Waals surface area contributed by atoms with Crippen LogP contribution in [0.4, 0.5) is 47.1 Å². The van der Waals surface area contributed by atoms with Gasteiger partial charge in [0.1, 0.15) is 0 Å². The summed E-state index contributed by atoms with van der Waals surface area (Å²) in [5, 5.41) is 34.4. The second-order valence-electron chi connectivity index (χ2n) is 9.68. The maximum absolute atomic E-state index is 9.25. The number of nitrogens with one attached hydrogen (secondary N) is 5. The van der Waals surface area contributed by atoms with Crippen molar-refractivity contribution in [2.75, 3.05) is 77.4 Å². The van der Waals surface area contributed by atoms with Crippen LogP contribution in [0.5, 0.6) is 0 Å². The van der Waals surface area contributed by atoms with Crippen LogP contribution in [0.15, 0.2) is 60.7 Å². The third-order valence-electron chi connectivity index (χ3n) is 6.55. The fraction of sp³-hybridized carbons (Fsp3) is 0.357. The Balaban J connectivity index is 1.21. The molecule has 0 saturated carbocycles. The van der Waals surface area contributed by atoms with Gasteiger partial charge in [0, 0.05) is 44.1 Å². The van der Waals surface area contributed by atoms with Crippen LogP contribution in [-0.2, 0) is 0 Å². The van der Waals surface area contributed by atoms with E-state index in [2.05, 4.69) is 61.4 Å². The molecule has 1 fully saturated rings. The molecular weight excluding hydrogens is 536 g/mol. The number of aromatic nitrogens is 6. The van der Waals surface area contributed by atoms with Crippen LogP contribution in [-0.4, -0.2) is 86.1 Å². The number of nitrogens with zero attached hydrogens (tertiary/aromatic N) is 7. The third-order valence-corrected chi connectivity index (χ3v) is 6.55. The Kier molecular flexibility index (Phi) is 10.0. The normalized spacial score (nSPS) is 13.4. The molecule has 0 atom stereocenters. The highest BCUT2D eigenvalue weighted by atomic mass is 16.3. The summed E-state index contributed by atoms with van der Waals surface area (Å²) < 4.78 is 0. The molecule has 1 saturated heterocycles. The predicted molar refractivity (Wildman–Crippen MR) is 164 cm³/mol. The summed E-state index contributed by atoms with van der Waals surface area (Å²) in [5.74, 6) is 3.09. The van der Waals surface area contributed by atoms with Gasteiger partial charge in [0.05, 0.1) is 13.2 Å². The molecule has 0 bridgehead atoms. The van der Waals surface area contributed by atoms with Gasteiger partial charge in [0.25, 0.3) is 0 Å². The van der Waals surface area contributed by atoms with E-state index in [0.29, 0.717) is 61.2 Å². The van der Waals surface area contributed by atoms with E-state index in [9.17, 15) is 10.2 Å². The molecule has 7 N–H and O–H groups in total. The summed E-state index contributed by atoms with van der Waals surface area (Å²) in [5.41, 5.74) is 1.74. The molecule has 0 amide bonds. The summed E-state index contributed by atoms with van der Waals surface area (Å²) in [7, 11) is 0. The highest BCUT2D eigenvalue weighted by Gasteiger charge is 2.23. The molecule has 0 radical (unpaired) electrons. The number of para-hydroxylation sites is 2. The number of rotatable bonds is 14. The van der Waals surface area contributed by atoms with Crippen molar-refractivity contribution in [2.24, 2.45) is 5.92 Å². The van der Waals surface area contributed by atoms with Crippen molar-refractivity contribution < 1.29 is 10.2 Å². The zero-order chi connectivity index (χ0) is 29.0. The molecule has 0 unspecified atom stereocenters. The van der Waals surface area contributed by atoms with Crippen LogP contribution in [0, 0.1) is 5.92 Å². The largest absolute Gasteiger partial charge is 0.395 e. The lowest BCUT2D eigenvalue weighted by atomic mass is 9.97. The fourth-order valence-electron chi connectivity index (χ4n) is 4.44. The lowest BCUT2D eigenvalue weighted by molar-refractivity contribution is 0.310. The summed E-state index contributed by atoms with van der Waals surface area (Å²) in [4.78, 5) is 29.3. The Morgan fingerprint density at radius 2 is 1.05 bits per heavy atom. The smallest absolute Gasteiger partial charge is 0.233 e. The monoisotopic (exact) mass is 572 g/mol. The Labute approximate surface area is 244 Å². The van der Waals surface area contributed by atoms with Gasteiger partial charge in [-0.05, 0) is 43.0 Å². The lowest BCUT2D eigenvalue weighted by Crippen LogP contribution is -2.37. The van der Waals surface area contributed by atoms with Crippen molar-refractivity contribution in [3.8, 4) is 0 Å². The number of hydrogen-bond donors (Lipinski definition) is 7. The van der Waals surface area contributed by atoms with Crippen LogP contribution in [0.3, 0.4) is 0 Å². The Morgan fingerprint density at radius 3 is 1.60 bits per heavy atom. The van der Waals surface area contributed by atoms with Gasteiger partial charge < -0.3 is 41.7 Å². The first-order valence-electron chi connectivity index (χ1n) is 14.0. The van der Waals surface area contributed by atoms with Crippen LogP contribution in [0.2, 0.25) is 0 Å². The topological polar surface area (TPSA) is 181 Å². The average molecular weight is 573 g/mol. The standard InChI is InChI=1S/C28H36N12O2/c41-17-13-29-23-34-25(37-26(35-23)32-21-7-3-1-4-8-21)31-19-20-11-15-40(16-12-20)28-38-24(30-14-18-42)36-27(39-28)33-22-9-5-2-6-10-22/h1-10,20,41-42H,11-19H2,(H2,30,33,36,38,39)(H3,29,31,32,34,35,37). The summed E-state index contributed by atoms with van der Waals surface area (Å²) in [6, 6.07) is 19.4. The van der Waals surface area contributed by atoms with Gasteiger partial charge in [-0.15, -0.1) is 0 Å². The molecule has 5 rings (SSSR count). The SMILES string of the molecule is OCCNc1nc(NCC2CCN(c3nc(NCCO)nc(Nc4ccccc4)n3)CC2)nc(Nc2ccccc2)n1. The number of piperidine rings is 1. The first-order chi connectivity index (χ1) is 20.7. The van der Waals surface area contributed by atoms with Crippen molar-refractivity contribution >= 4 is 47.1 Å². The fourth-order valence-corrected chi connectivity index (χ4v) is 4.44. The molecule has 1 aliphatic rings. The van der Waals surface area contributed by atoms with Gasteiger partial charge in [-0.25, -0.2) is 0 Å². The molecule has 2 aromatic carbocycles. The van der Waals surface area contributed by atoms with E-state index in [-0.39, 0.29) is 13.2 Å². The quantitative estimate of drug-likeness (QED) is 0.117. The van der Waals surface area contributed by atoms with Crippen molar-refractivity contribution in [3.05, 3.63) is 60.7 Å². The van der Waals surface area contributed by atoms with E-state index in [0.717, 1.165) is 37.3 Å². The number of anilines is 8. The Bertz CT molecular complexity index is 1390. The highest BCUT2D eigenvalue weighted by molar-refractivity contribution is 5.56. The first-order valence-corrected chi connectivity index (χ1v) is 14.0. The number of hydrogen-bond acceptors (Lipinski definition) is 14. The van der Waals surface area contributed by atoms with E-state index in [4.69, 9.17) is 0 Å². The maximum atomic E-state index is 9.25. The Morgan fingerprint density at radius 1 is 0.595 bits per heavy atom. The van der Waals surface area contributed by atoms with Crippen molar-refractivity contribution in [2.45, 2.75) is 12.8 Å². The molecule has 42 heavy (non-hydrogen) atoms. The predicted octanol–water partition coefficient (Wildman–Crippen LogP) is 2.68. The minimum atomic E-state index is -0.0293. The number of benzene rings is 2. The summed E-state index contributed by atoms with van der Waals surface area (Å²) in [6.07, 6.45) is 1.85. The van der Waals surface area contributed by atoms with Crippen molar-refractivity contribution in [1.29, 1.82) is 0 Å². The number of aliphatic hydroxyl groups is 2. The van der Waals surface area contributed by atoms with Gasteiger partial charge in [0.2, 0.25) is 35.7 Å². The molecule has 220 valence electrons. The van der Waals surface area contributed by atoms with Crippen molar-refractivity contribution in [1.82, 2.24) is 29.9 Å². The minimum Gasteiger partial charge on any atom is -0.395 e. The molecule has 2 aromatic heterocycles.